The molecule has 0 saturated heterocycles. The number of nitrogens with two attached hydrogens (primary N) is 1. The Kier molecular flexibility index (Phi) is 5.35. The number of aliphatic hydroxyl groups is 1. The van der Waals surface area contributed by atoms with Gasteiger partial charge in [0.1, 0.15) is 5.84 Å². The van der Waals surface area contributed by atoms with Gasteiger partial charge in [-0.05, 0) is 36.3 Å². The van der Waals surface area contributed by atoms with Crippen LogP contribution in [0.3, 0.4) is 0 Å². The molecule has 0 atom stereocenters. The van der Waals surface area contributed by atoms with E-state index < -0.39 is 0 Å². The lowest BCUT2D eigenvalue weighted by Gasteiger charge is -2.07. The number of benzene rings is 1. The molecule has 1 aromatic rings. The third kappa shape index (κ3) is 3.87. The minimum Gasteiger partial charge on any atom is -0.396 e. The van der Waals surface area contributed by atoms with E-state index >= 15 is 0 Å². The third-order valence-electron chi connectivity index (χ3n) is 2.36. The Balaban J connectivity index is 2.57. The Hall–Kier alpha value is -1.000. The summed E-state index contributed by atoms with van der Waals surface area (Å²) in [5, 5.41) is 16.0. The molecular weight excluding hydrogens is 220 g/mol. The molecule has 0 amide bonds. The van der Waals surface area contributed by atoms with E-state index in [-0.39, 0.29) is 12.4 Å². The van der Waals surface area contributed by atoms with Gasteiger partial charge in [0.15, 0.2) is 0 Å². The van der Waals surface area contributed by atoms with Crippen LogP contribution < -0.4 is 5.73 Å². The summed E-state index contributed by atoms with van der Waals surface area (Å²) in [7, 11) is 0. The molecule has 0 unspecified atom stereocenters. The molecule has 0 radical (unpaired) electrons. The van der Waals surface area contributed by atoms with E-state index in [9.17, 15) is 0 Å². The van der Waals surface area contributed by atoms with Crippen molar-refractivity contribution in [1.29, 1.82) is 5.41 Å². The van der Waals surface area contributed by atoms with Crippen molar-refractivity contribution in [2.75, 3.05) is 12.4 Å². The maximum atomic E-state index is 8.66. The summed E-state index contributed by atoms with van der Waals surface area (Å²) < 4.78 is 0. The first-order chi connectivity index (χ1) is 7.65. The first-order valence-electron chi connectivity index (χ1n) is 5.27. The molecule has 1 rings (SSSR count). The Morgan fingerprint density at radius 1 is 1.50 bits per heavy atom. The highest BCUT2D eigenvalue weighted by atomic mass is 32.2. The molecule has 0 aliphatic heterocycles. The van der Waals surface area contributed by atoms with Crippen LogP contribution in [0, 0.1) is 12.3 Å². The van der Waals surface area contributed by atoms with Crippen molar-refractivity contribution in [2.24, 2.45) is 5.73 Å². The molecule has 1 aromatic carbocycles. The minimum absolute atomic E-state index is 0.114. The maximum Gasteiger partial charge on any atom is 0.122 e. The van der Waals surface area contributed by atoms with E-state index in [0.29, 0.717) is 0 Å². The van der Waals surface area contributed by atoms with Gasteiger partial charge in [-0.15, -0.1) is 0 Å². The molecule has 0 aromatic heterocycles. The summed E-state index contributed by atoms with van der Waals surface area (Å²) in [6, 6.07) is 5.86. The minimum atomic E-state index is 0.114. The molecule has 0 fully saturated rings. The topological polar surface area (TPSA) is 70.1 Å². The number of thioether (sulfide) groups is 1. The first kappa shape index (κ1) is 13.1. The van der Waals surface area contributed by atoms with Gasteiger partial charge in [-0.25, -0.2) is 0 Å². The second-order valence-corrected chi connectivity index (χ2v) is 4.79. The largest absolute Gasteiger partial charge is 0.396 e. The van der Waals surface area contributed by atoms with Crippen molar-refractivity contribution in [3.8, 4) is 0 Å². The second kappa shape index (κ2) is 6.55. The number of hydrogen-bond acceptors (Lipinski definition) is 3. The van der Waals surface area contributed by atoms with E-state index in [4.69, 9.17) is 16.2 Å². The van der Waals surface area contributed by atoms with E-state index in [2.05, 4.69) is 0 Å². The van der Waals surface area contributed by atoms with Crippen molar-refractivity contribution in [2.45, 2.75) is 19.1 Å². The zero-order chi connectivity index (χ0) is 12.0. The van der Waals surface area contributed by atoms with Gasteiger partial charge in [0.2, 0.25) is 0 Å². The molecule has 4 heteroatoms. The van der Waals surface area contributed by atoms with Crippen LogP contribution in [-0.4, -0.2) is 23.3 Å². The summed E-state index contributed by atoms with van der Waals surface area (Å²) in [5.41, 5.74) is 8.64. The SMILES string of the molecule is Cc1cc(C(=N)N)ccc1CSCCCO. The summed E-state index contributed by atoms with van der Waals surface area (Å²) in [5.74, 6) is 2.04. The predicted octanol–water partition coefficient (Wildman–Crippen LogP) is 1.89. The normalized spacial score (nSPS) is 10.4. The number of nitrogen functional groups attached to an aromatic ring is 1. The highest BCUT2D eigenvalue weighted by molar-refractivity contribution is 7.98. The molecule has 0 aliphatic rings. The first-order valence-corrected chi connectivity index (χ1v) is 6.43. The van der Waals surface area contributed by atoms with Gasteiger partial charge in [-0.1, -0.05) is 12.1 Å². The van der Waals surface area contributed by atoms with Gasteiger partial charge in [0.05, 0.1) is 0 Å². The number of aliphatic hydroxyl groups excluding tert-OH is 1. The van der Waals surface area contributed by atoms with Gasteiger partial charge in [-0.2, -0.15) is 11.8 Å². The van der Waals surface area contributed by atoms with Crippen LogP contribution >= 0.6 is 11.8 Å². The molecule has 0 aliphatic carbocycles. The molecule has 16 heavy (non-hydrogen) atoms. The van der Waals surface area contributed by atoms with Gasteiger partial charge in [-0.3, -0.25) is 5.41 Å². The van der Waals surface area contributed by atoms with Crippen LogP contribution in [-0.2, 0) is 5.75 Å². The number of hydrogen-bond donors (Lipinski definition) is 3. The van der Waals surface area contributed by atoms with Gasteiger partial charge < -0.3 is 10.8 Å². The fraction of sp³-hybridized carbons (Fsp3) is 0.417. The van der Waals surface area contributed by atoms with Crippen molar-refractivity contribution in [3.05, 3.63) is 34.9 Å². The smallest absolute Gasteiger partial charge is 0.122 e. The van der Waals surface area contributed by atoms with Crippen LogP contribution in [0.25, 0.3) is 0 Å². The Bertz CT molecular complexity index is 366. The molecule has 88 valence electrons. The lowest BCUT2D eigenvalue weighted by Crippen LogP contribution is -2.11. The van der Waals surface area contributed by atoms with Crippen molar-refractivity contribution in [1.82, 2.24) is 0 Å². The van der Waals surface area contributed by atoms with Gasteiger partial charge in [0.25, 0.3) is 0 Å². The standard InChI is InChI=1S/C12H18N2OS/c1-9-7-10(12(13)14)3-4-11(9)8-16-6-2-5-15/h3-4,7,15H,2,5-6,8H2,1H3,(H3,13,14). The van der Waals surface area contributed by atoms with Gasteiger partial charge >= 0.3 is 0 Å². The summed E-state index contributed by atoms with van der Waals surface area (Å²) in [6.07, 6.45) is 0.843. The lowest BCUT2D eigenvalue weighted by atomic mass is 10.1. The molecule has 0 bridgehead atoms. The van der Waals surface area contributed by atoms with Crippen LogP contribution in [0.4, 0.5) is 0 Å². The van der Waals surface area contributed by atoms with Crippen LogP contribution in [0.2, 0.25) is 0 Å². The fourth-order valence-corrected chi connectivity index (χ4v) is 2.40. The van der Waals surface area contributed by atoms with Crippen molar-refractivity contribution in [3.63, 3.8) is 0 Å². The number of aryl methyl sites for hydroxylation is 1. The Morgan fingerprint density at radius 2 is 2.25 bits per heavy atom. The van der Waals surface area contributed by atoms with Crippen LogP contribution in [0.1, 0.15) is 23.1 Å². The van der Waals surface area contributed by atoms with Crippen LogP contribution in [0.15, 0.2) is 18.2 Å². The van der Waals surface area contributed by atoms with Crippen molar-refractivity contribution >= 4 is 17.6 Å². The van der Waals surface area contributed by atoms with E-state index in [0.717, 1.165) is 23.5 Å². The summed E-state index contributed by atoms with van der Waals surface area (Å²) in [4.78, 5) is 0. The number of nitrogens with one attached hydrogen (secondary N) is 1. The lowest BCUT2D eigenvalue weighted by molar-refractivity contribution is 0.296. The van der Waals surface area contributed by atoms with E-state index in [1.54, 1.807) is 0 Å². The third-order valence-corrected chi connectivity index (χ3v) is 3.45. The highest BCUT2D eigenvalue weighted by Crippen LogP contribution is 2.18. The molecular formula is C12H18N2OS. The highest BCUT2D eigenvalue weighted by Gasteiger charge is 2.02. The van der Waals surface area contributed by atoms with E-state index in [1.165, 1.54) is 11.1 Å². The monoisotopic (exact) mass is 238 g/mol. The zero-order valence-corrected chi connectivity index (χ0v) is 10.3. The number of amidine groups is 1. The van der Waals surface area contributed by atoms with Gasteiger partial charge in [0, 0.05) is 17.9 Å². The molecule has 3 nitrogen and oxygen atoms in total. The zero-order valence-electron chi connectivity index (χ0n) is 9.49. The fourth-order valence-electron chi connectivity index (χ4n) is 1.37. The average molecular weight is 238 g/mol. The van der Waals surface area contributed by atoms with Crippen LogP contribution in [0.5, 0.6) is 0 Å². The summed E-state index contributed by atoms with van der Waals surface area (Å²) in [6.45, 7) is 2.30. The summed E-state index contributed by atoms with van der Waals surface area (Å²) >= 11 is 1.81. The second-order valence-electron chi connectivity index (χ2n) is 3.68. The Morgan fingerprint density at radius 3 is 2.81 bits per heavy atom. The van der Waals surface area contributed by atoms with E-state index in [1.807, 2.05) is 36.9 Å². The quantitative estimate of drug-likeness (QED) is 0.403. The molecule has 0 saturated carbocycles. The maximum absolute atomic E-state index is 8.66. The average Bonchev–Trinajstić information content (AvgIpc) is 2.26. The number of rotatable bonds is 6. The molecule has 4 N–H and O–H groups in total. The predicted molar refractivity (Wildman–Crippen MR) is 70.1 cm³/mol. The molecule has 0 heterocycles. The Labute approximate surface area is 101 Å². The molecule has 0 spiro atoms. The van der Waals surface area contributed by atoms with Crippen molar-refractivity contribution < 1.29 is 5.11 Å².